The number of aryl methyl sites for hydroxylation is 1. The van der Waals surface area contributed by atoms with Crippen LogP contribution in [0.15, 0.2) is 39.6 Å². The number of rotatable bonds is 3. The van der Waals surface area contributed by atoms with E-state index in [1.54, 1.807) is 12.1 Å². The maximum Gasteiger partial charge on any atom is 0.251 e. The number of benzene rings is 1. The molecular weight excluding hydrogens is 338 g/mol. The van der Waals surface area contributed by atoms with Crippen LogP contribution in [-0.2, 0) is 16.3 Å². The van der Waals surface area contributed by atoms with Gasteiger partial charge in [-0.1, -0.05) is 19.9 Å². The highest BCUT2D eigenvalue weighted by molar-refractivity contribution is 7.90. The second-order valence-electron chi connectivity index (χ2n) is 7.61. The summed E-state index contributed by atoms with van der Waals surface area (Å²) in [4.78, 5) is 12.8. The van der Waals surface area contributed by atoms with Crippen LogP contribution in [0.25, 0.3) is 0 Å². The first-order valence-electron chi connectivity index (χ1n) is 8.25. The predicted octanol–water partition coefficient (Wildman–Crippen LogP) is 3.44. The van der Waals surface area contributed by atoms with E-state index in [1.165, 1.54) is 12.1 Å². The second-order valence-corrected chi connectivity index (χ2v) is 9.62. The molecule has 2 aromatic rings. The number of hydrogen-bond acceptors (Lipinski definition) is 4. The van der Waals surface area contributed by atoms with E-state index in [1.807, 2.05) is 13.0 Å². The van der Waals surface area contributed by atoms with Crippen LogP contribution in [-0.4, -0.2) is 20.6 Å². The van der Waals surface area contributed by atoms with E-state index in [0.717, 1.165) is 36.2 Å². The number of sulfone groups is 1. The van der Waals surface area contributed by atoms with E-state index >= 15 is 0 Å². The molecule has 134 valence electrons. The van der Waals surface area contributed by atoms with Gasteiger partial charge in [-0.3, -0.25) is 4.79 Å². The van der Waals surface area contributed by atoms with Gasteiger partial charge in [0, 0.05) is 23.8 Å². The molecule has 1 amide bonds. The second kappa shape index (κ2) is 6.02. The fraction of sp³-hybridized carbons (Fsp3) is 0.421. The zero-order valence-electron chi connectivity index (χ0n) is 14.9. The molecule has 0 spiro atoms. The average molecular weight is 361 g/mol. The molecule has 1 heterocycles. The Bertz CT molecular complexity index is 925. The van der Waals surface area contributed by atoms with E-state index in [2.05, 4.69) is 19.2 Å². The minimum atomic E-state index is -3.35. The molecule has 1 unspecified atom stereocenters. The zero-order chi connectivity index (χ0) is 18.4. The highest BCUT2D eigenvalue weighted by Crippen LogP contribution is 2.42. The molecule has 1 atom stereocenters. The van der Waals surface area contributed by atoms with Crippen LogP contribution < -0.4 is 5.32 Å². The van der Waals surface area contributed by atoms with Crippen molar-refractivity contribution in [1.29, 1.82) is 0 Å². The third-order valence-electron chi connectivity index (χ3n) is 4.57. The summed E-state index contributed by atoms with van der Waals surface area (Å²) in [5.74, 6) is 1.47. The molecule has 0 fully saturated rings. The number of furan rings is 1. The summed E-state index contributed by atoms with van der Waals surface area (Å²) in [7, 11) is -3.35. The third-order valence-corrected chi connectivity index (χ3v) is 5.68. The summed E-state index contributed by atoms with van der Waals surface area (Å²) >= 11 is 0. The average Bonchev–Trinajstić information content (AvgIpc) is 2.85. The quantitative estimate of drug-likeness (QED) is 0.909. The Balaban J connectivity index is 1.88. The van der Waals surface area contributed by atoms with Gasteiger partial charge in [-0.25, -0.2) is 8.42 Å². The fourth-order valence-corrected chi connectivity index (χ4v) is 4.09. The van der Waals surface area contributed by atoms with Gasteiger partial charge in [0.2, 0.25) is 0 Å². The monoisotopic (exact) mass is 361 g/mol. The molecule has 25 heavy (non-hydrogen) atoms. The highest BCUT2D eigenvalue weighted by atomic mass is 32.2. The molecule has 0 aliphatic heterocycles. The SMILES string of the molecule is Cc1cc2c(o1)CC(C)(C)CC2NC(=O)c1cccc(S(C)(=O)=O)c1. The lowest BCUT2D eigenvalue weighted by atomic mass is 9.74. The van der Waals surface area contributed by atoms with E-state index in [0.29, 0.717) is 5.56 Å². The van der Waals surface area contributed by atoms with Crippen LogP contribution in [0.1, 0.15) is 53.8 Å². The van der Waals surface area contributed by atoms with Gasteiger partial charge in [-0.2, -0.15) is 0 Å². The number of amides is 1. The van der Waals surface area contributed by atoms with E-state index in [4.69, 9.17) is 4.42 Å². The van der Waals surface area contributed by atoms with Gasteiger partial charge in [0.05, 0.1) is 10.9 Å². The lowest BCUT2D eigenvalue weighted by Crippen LogP contribution is -2.36. The molecule has 1 aromatic carbocycles. The molecule has 0 bridgehead atoms. The molecule has 5 nitrogen and oxygen atoms in total. The normalized spacial score (nSPS) is 19.3. The lowest BCUT2D eigenvalue weighted by molar-refractivity contribution is 0.0917. The molecule has 0 saturated heterocycles. The summed E-state index contributed by atoms with van der Waals surface area (Å²) in [5, 5.41) is 3.05. The topological polar surface area (TPSA) is 76.4 Å². The number of fused-ring (bicyclic) bond motifs is 1. The van der Waals surface area contributed by atoms with Gasteiger partial charge in [-0.05, 0) is 43.0 Å². The first-order chi connectivity index (χ1) is 11.5. The summed E-state index contributed by atoms with van der Waals surface area (Å²) in [5.41, 5.74) is 1.38. The van der Waals surface area contributed by atoms with Gasteiger partial charge >= 0.3 is 0 Å². The van der Waals surface area contributed by atoms with Crippen molar-refractivity contribution in [3.8, 4) is 0 Å². The maximum atomic E-state index is 12.7. The molecule has 1 N–H and O–H groups in total. The minimum Gasteiger partial charge on any atom is -0.466 e. The highest BCUT2D eigenvalue weighted by Gasteiger charge is 2.35. The molecule has 1 aromatic heterocycles. The fourth-order valence-electron chi connectivity index (χ4n) is 3.42. The van der Waals surface area contributed by atoms with Crippen molar-refractivity contribution in [2.45, 2.75) is 44.6 Å². The molecule has 0 saturated carbocycles. The maximum absolute atomic E-state index is 12.7. The zero-order valence-corrected chi connectivity index (χ0v) is 15.7. The number of hydrogen-bond donors (Lipinski definition) is 1. The summed E-state index contributed by atoms with van der Waals surface area (Å²) < 4.78 is 29.2. The Morgan fingerprint density at radius 3 is 2.68 bits per heavy atom. The first kappa shape index (κ1) is 17.7. The predicted molar refractivity (Wildman–Crippen MR) is 95.3 cm³/mol. The molecule has 0 radical (unpaired) electrons. The van der Waals surface area contributed by atoms with Crippen LogP contribution in [0.5, 0.6) is 0 Å². The molecule has 3 rings (SSSR count). The first-order valence-corrected chi connectivity index (χ1v) is 10.1. The Morgan fingerprint density at radius 1 is 1.28 bits per heavy atom. The van der Waals surface area contributed by atoms with E-state index in [-0.39, 0.29) is 22.3 Å². The van der Waals surface area contributed by atoms with Gasteiger partial charge in [0.15, 0.2) is 9.84 Å². The molecule has 1 aliphatic carbocycles. The van der Waals surface area contributed by atoms with E-state index in [9.17, 15) is 13.2 Å². The molecule has 6 heteroatoms. The Morgan fingerprint density at radius 2 is 2.00 bits per heavy atom. The number of carbonyl (C=O) groups is 1. The smallest absolute Gasteiger partial charge is 0.251 e. The Hall–Kier alpha value is -2.08. The Kier molecular flexibility index (Phi) is 4.27. The summed E-state index contributed by atoms with van der Waals surface area (Å²) in [6.45, 7) is 6.20. The van der Waals surface area contributed by atoms with E-state index < -0.39 is 9.84 Å². The van der Waals surface area contributed by atoms with Crippen LogP contribution in [0.2, 0.25) is 0 Å². The van der Waals surface area contributed by atoms with Crippen molar-refractivity contribution < 1.29 is 17.6 Å². The lowest BCUT2D eigenvalue weighted by Gasteiger charge is -2.34. The van der Waals surface area contributed by atoms with Crippen LogP contribution in [0.3, 0.4) is 0 Å². The van der Waals surface area contributed by atoms with Crippen LogP contribution in [0.4, 0.5) is 0 Å². The number of nitrogens with one attached hydrogen (secondary N) is 1. The minimum absolute atomic E-state index is 0.0177. The van der Waals surface area contributed by atoms with Crippen molar-refractivity contribution in [3.05, 3.63) is 53.0 Å². The van der Waals surface area contributed by atoms with Crippen molar-refractivity contribution in [2.75, 3.05) is 6.26 Å². The molecule has 1 aliphatic rings. The number of carbonyl (C=O) groups excluding carboxylic acids is 1. The van der Waals surface area contributed by atoms with Crippen molar-refractivity contribution >= 4 is 15.7 Å². The van der Waals surface area contributed by atoms with Crippen LogP contribution in [0, 0.1) is 12.3 Å². The van der Waals surface area contributed by atoms with Crippen molar-refractivity contribution in [3.63, 3.8) is 0 Å². The largest absolute Gasteiger partial charge is 0.466 e. The van der Waals surface area contributed by atoms with Crippen molar-refractivity contribution in [1.82, 2.24) is 5.32 Å². The summed E-state index contributed by atoms with van der Waals surface area (Å²) in [6.07, 6.45) is 2.77. The van der Waals surface area contributed by atoms with Gasteiger partial charge in [0.1, 0.15) is 11.5 Å². The third kappa shape index (κ3) is 3.79. The standard InChI is InChI=1S/C19H23NO4S/c1-12-8-15-16(10-19(2,3)11-17(15)24-12)20-18(21)13-6-5-7-14(9-13)25(4,22)23/h5-9,16H,10-11H2,1-4H3,(H,20,21). The van der Waals surface area contributed by atoms with Crippen molar-refractivity contribution in [2.24, 2.45) is 5.41 Å². The van der Waals surface area contributed by atoms with Gasteiger partial charge in [0.25, 0.3) is 5.91 Å². The summed E-state index contributed by atoms with van der Waals surface area (Å²) in [6, 6.07) is 7.95. The Labute approximate surface area is 148 Å². The van der Waals surface area contributed by atoms with Gasteiger partial charge in [-0.15, -0.1) is 0 Å². The molecular formula is C19H23NO4S. The van der Waals surface area contributed by atoms with Gasteiger partial charge < -0.3 is 9.73 Å². The van der Waals surface area contributed by atoms with Crippen LogP contribution >= 0.6 is 0 Å².